The van der Waals surface area contributed by atoms with Crippen LogP contribution in [0.2, 0.25) is 5.02 Å². The van der Waals surface area contributed by atoms with Gasteiger partial charge in [0.15, 0.2) is 0 Å². The van der Waals surface area contributed by atoms with E-state index in [1.807, 2.05) is 26.0 Å². The number of halogens is 1. The molecule has 0 heterocycles. The van der Waals surface area contributed by atoms with Crippen molar-refractivity contribution in [1.82, 2.24) is 5.32 Å². The molecule has 0 radical (unpaired) electrons. The highest BCUT2D eigenvalue weighted by molar-refractivity contribution is 6.30. The monoisotopic (exact) mass is 311 g/mol. The Morgan fingerprint density at radius 2 is 1.81 bits per heavy atom. The molecule has 0 saturated heterocycles. The summed E-state index contributed by atoms with van der Waals surface area (Å²) in [5, 5.41) is 12.4. The maximum absolute atomic E-state index is 12.4. The van der Waals surface area contributed by atoms with E-state index in [0.29, 0.717) is 11.4 Å². The molecule has 2 unspecified atom stereocenters. The van der Waals surface area contributed by atoms with Gasteiger partial charge in [0, 0.05) is 11.6 Å². The predicted octanol–water partition coefficient (Wildman–Crippen LogP) is 3.31. The topological polar surface area (TPSA) is 66.4 Å². The van der Waals surface area contributed by atoms with Gasteiger partial charge in [0.1, 0.15) is 0 Å². The van der Waals surface area contributed by atoms with E-state index in [1.54, 1.807) is 19.1 Å². The molecule has 0 aliphatic rings. The normalized spacial score (nSPS) is 13.8. The van der Waals surface area contributed by atoms with E-state index in [1.165, 1.54) is 0 Å². The van der Waals surface area contributed by atoms with Gasteiger partial charge >= 0.3 is 5.97 Å². The summed E-state index contributed by atoms with van der Waals surface area (Å²) in [7, 11) is 0. The number of carbonyl (C=O) groups excluding carboxylic acids is 1. The van der Waals surface area contributed by atoms with Crippen LogP contribution in [0.25, 0.3) is 0 Å². The lowest BCUT2D eigenvalue weighted by Gasteiger charge is -2.22. The van der Waals surface area contributed by atoms with Gasteiger partial charge < -0.3 is 10.4 Å². The van der Waals surface area contributed by atoms with E-state index in [2.05, 4.69) is 5.32 Å². The molecular formula is C16H22ClNO3. The van der Waals surface area contributed by atoms with E-state index >= 15 is 0 Å². The third-order valence-corrected chi connectivity index (χ3v) is 3.79. The summed E-state index contributed by atoms with van der Waals surface area (Å²) in [4.78, 5) is 23.4. The van der Waals surface area contributed by atoms with Gasteiger partial charge in [-0.25, -0.2) is 0 Å². The Hall–Kier alpha value is -1.55. The number of hydrogen-bond acceptors (Lipinski definition) is 2. The van der Waals surface area contributed by atoms with Crippen LogP contribution < -0.4 is 5.32 Å². The number of rotatable bonds is 7. The number of amides is 1. The van der Waals surface area contributed by atoms with Gasteiger partial charge in [-0.2, -0.15) is 0 Å². The minimum Gasteiger partial charge on any atom is -0.481 e. The molecular weight excluding hydrogens is 290 g/mol. The van der Waals surface area contributed by atoms with Crippen molar-refractivity contribution < 1.29 is 14.7 Å². The van der Waals surface area contributed by atoms with Gasteiger partial charge in [0.25, 0.3) is 0 Å². The molecule has 2 atom stereocenters. The number of carboxylic acids is 1. The van der Waals surface area contributed by atoms with Gasteiger partial charge in [-0.05, 0) is 30.0 Å². The molecule has 0 bridgehead atoms. The fourth-order valence-electron chi connectivity index (χ4n) is 2.25. The molecule has 1 aromatic rings. The average molecular weight is 312 g/mol. The Morgan fingerprint density at radius 3 is 2.24 bits per heavy atom. The van der Waals surface area contributed by atoms with Crippen LogP contribution in [0.5, 0.6) is 0 Å². The first-order valence-corrected chi connectivity index (χ1v) is 7.50. The number of carbonyl (C=O) groups is 2. The highest BCUT2D eigenvalue weighted by Gasteiger charge is 2.25. The molecule has 0 aliphatic carbocycles. The van der Waals surface area contributed by atoms with Crippen molar-refractivity contribution in [2.24, 2.45) is 11.8 Å². The van der Waals surface area contributed by atoms with Crippen molar-refractivity contribution in [2.45, 2.75) is 33.1 Å². The zero-order chi connectivity index (χ0) is 16.0. The summed E-state index contributed by atoms with van der Waals surface area (Å²) in [6.45, 7) is 5.88. The van der Waals surface area contributed by atoms with E-state index in [0.717, 1.165) is 5.56 Å². The lowest BCUT2D eigenvalue weighted by atomic mass is 9.87. The zero-order valence-corrected chi connectivity index (χ0v) is 13.4. The largest absolute Gasteiger partial charge is 0.481 e. The Labute approximate surface area is 130 Å². The van der Waals surface area contributed by atoms with E-state index in [-0.39, 0.29) is 24.3 Å². The molecule has 0 aromatic heterocycles. The molecule has 21 heavy (non-hydrogen) atoms. The molecule has 0 saturated carbocycles. The van der Waals surface area contributed by atoms with Crippen molar-refractivity contribution >= 4 is 23.5 Å². The van der Waals surface area contributed by atoms with Gasteiger partial charge in [-0.3, -0.25) is 9.59 Å². The van der Waals surface area contributed by atoms with Crippen LogP contribution in [0.1, 0.15) is 38.7 Å². The summed E-state index contributed by atoms with van der Waals surface area (Å²) in [6.07, 6.45) is 0.489. The third kappa shape index (κ3) is 5.05. The van der Waals surface area contributed by atoms with Crippen molar-refractivity contribution in [2.75, 3.05) is 6.54 Å². The molecule has 1 aromatic carbocycles. The molecule has 1 rings (SSSR count). The molecule has 0 spiro atoms. The molecule has 2 N–H and O–H groups in total. The van der Waals surface area contributed by atoms with E-state index in [9.17, 15) is 9.59 Å². The summed E-state index contributed by atoms with van der Waals surface area (Å²) in [5.74, 6) is -1.78. The van der Waals surface area contributed by atoms with Crippen LogP contribution >= 0.6 is 11.6 Å². The van der Waals surface area contributed by atoms with E-state index in [4.69, 9.17) is 16.7 Å². The van der Waals surface area contributed by atoms with Crippen LogP contribution in [0.15, 0.2) is 24.3 Å². The Balaban J connectivity index is 2.79. The summed E-state index contributed by atoms with van der Waals surface area (Å²) >= 11 is 5.87. The van der Waals surface area contributed by atoms with Crippen molar-refractivity contribution in [1.29, 1.82) is 0 Å². The summed E-state index contributed by atoms with van der Waals surface area (Å²) in [6, 6.07) is 7.18. The second-order valence-corrected chi connectivity index (χ2v) is 5.90. The minimum atomic E-state index is -0.884. The van der Waals surface area contributed by atoms with Crippen LogP contribution in [0.4, 0.5) is 0 Å². The van der Waals surface area contributed by atoms with Crippen LogP contribution in [0, 0.1) is 11.8 Å². The lowest BCUT2D eigenvalue weighted by molar-refractivity contribution is -0.141. The van der Waals surface area contributed by atoms with E-state index < -0.39 is 11.9 Å². The van der Waals surface area contributed by atoms with Gasteiger partial charge in [0.2, 0.25) is 5.91 Å². The minimum absolute atomic E-state index is 0.107. The quantitative estimate of drug-likeness (QED) is 0.812. The highest BCUT2D eigenvalue weighted by atomic mass is 35.5. The first-order valence-electron chi connectivity index (χ1n) is 7.12. The van der Waals surface area contributed by atoms with Crippen molar-refractivity contribution in [3.05, 3.63) is 34.9 Å². The predicted molar refractivity (Wildman–Crippen MR) is 83.5 cm³/mol. The smallest absolute Gasteiger partial charge is 0.308 e. The fraction of sp³-hybridized carbons (Fsp3) is 0.500. The SMILES string of the molecule is CCC(CNC(=O)C(c1ccc(Cl)cc1)C(C)C)C(=O)O. The Bertz CT molecular complexity index is 485. The summed E-state index contributed by atoms with van der Waals surface area (Å²) < 4.78 is 0. The first kappa shape index (κ1) is 17.5. The number of hydrogen-bond donors (Lipinski definition) is 2. The second-order valence-electron chi connectivity index (χ2n) is 5.46. The fourth-order valence-corrected chi connectivity index (χ4v) is 2.38. The molecule has 0 fully saturated rings. The van der Waals surface area contributed by atoms with Gasteiger partial charge in [-0.15, -0.1) is 0 Å². The maximum Gasteiger partial charge on any atom is 0.308 e. The number of aliphatic carboxylic acids is 1. The standard InChI is InChI=1S/C16H22ClNO3/c1-4-11(16(20)21)9-18-15(19)14(10(2)3)12-5-7-13(17)8-6-12/h5-8,10-11,14H,4,9H2,1-3H3,(H,18,19)(H,20,21). The molecule has 116 valence electrons. The maximum atomic E-state index is 12.4. The molecule has 1 amide bonds. The third-order valence-electron chi connectivity index (χ3n) is 3.54. The van der Waals surface area contributed by atoms with Crippen LogP contribution in [0.3, 0.4) is 0 Å². The van der Waals surface area contributed by atoms with Gasteiger partial charge in [0.05, 0.1) is 11.8 Å². The van der Waals surface area contributed by atoms with Crippen LogP contribution in [-0.2, 0) is 9.59 Å². The zero-order valence-electron chi connectivity index (χ0n) is 12.6. The average Bonchev–Trinajstić information content (AvgIpc) is 2.41. The molecule has 5 heteroatoms. The van der Waals surface area contributed by atoms with Crippen LogP contribution in [-0.4, -0.2) is 23.5 Å². The highest BCUT2D eigenvalue weighted by Crippen LogP contribution is 2.26. The van der Waals surface area contributed by atoms with Gasteiger partial charge in [-0.1, -0.05) is 44.5 Å². The number of nitrogens with one attached hydrogen (secondary N) is 1. The van der Waals surface area contributed by atoms with Crippen molar-refractivity contribution in [3.8, 4) is 0 Å². The summed E-state index contributed by atoms with van der Waals surface area (Å²) in [5.41, 5.74) is 0.885. The first-order chi connectivity index (χ1) is 9.86. The molecule has 0 aliphatic heterocycles. The lowest BCUT2D eigenvalue weighted by Crippen LogP contribution is -2.37. The van der Waals surface area contributed by atoms with Crippen molar-refractivity contribution in [3.63, 3.8) is 0 Å². The number of carboxylic acid groups (broad SMARTS) is 1. The number of benzene rings is 1. The Kier molecular flexibility index (Phi) is 6.69. The second kappa shape index (κ2) is 8.03. The Morgan fingerprint density at radius 1 is 1.24 bits per heavy atom. The molecule has 4 nitrogen and oxygen atoms in total.